The smallest absolute Gasteiger partial charge is 0.119 e. The molecule has 0 spiro atoms. The van der Waals surface area contributed by atoms with Crippen molar-refractivity contribution in [2.75, 3.05) is 33.4 Å². The van der Waals surface area contributed by atoms with Crippen molar-refractivity contribution in [1.82, 2.24) is 5.32 Å². The Morgan fingerprint density at radius 1 is 0.697 bits per heavy atom. The van der Waals surface area contributed by atoms with E-state index < -0.39 is 0 Å². The number of carbonyl (C=O) groups is 1. The number of ether oxygens (including phenoxy) is 1. The Kier molecular flexibility index (Phi) is 35.5. The van der Waals surface area contributed by atoms with Crippen LogP contribution in [-0.2, 0) is 9.53 Å². The summed E-state index contributed by atoms with van der Waals surface area (Å²) in [7, 11) is 1.85. The van der Waals surface area contributed by atoms with Gasteiger partial charge in [0, 0.05) is 26.7 Å². The molecular weight excluding hydrogens is 410 g/mol. The number of hydrogen-bond donors (Lipinski definition) is 2. The number of nitrogens with one attached hydrogen (secondary N) is 1. The number of rotatable bonds is 26. The van der Waals surface area contributed by atoms with E-state index in [2.05, 4.69) is 19.2 Å². The molecular formula is C29H61NO3. The van der Waals surface area contributed by atoms with E-state index in [1.165, 1.54) is 96.3 Å². The van der Waals surface area contributed by atoms with Gasteiger partial charge in [-0.05, 0) is 64.0 Å². The lowest BCUT2D eigenvalue weighted by Crippen LogP contribution is -2.16. The summed E-state index contributed by atoms with van der Waals surface area (Å²) in [6.07, 6.45) is 26.3. The quantitative estimate of drug-likeness (QED) is 0.0995. The van der Waals surface area contributed by atoms with Crippen LogP contribution in [0.4, 0.5) is 0 Å². The Labute approximate surface area is 208 Å². The van der Waals surface area contributed by atoms with E-state index in [9.17, 15) is 4.79 Å². The van der Waals surface area contributed by atoms with Gasteiger partial charge in [0.2, 0.25) is 0 Å². The molecule has 0 aliphatic carbocycles. The number of aliphatic hydroxyl groups is 1. The minimum absolute atomic E-state index is 0.316. The maximum absolute atomic E-state index is 10.0. The average molecular weight is 472 g/mol. The highest BCUT2D eigenvalue weighted by Gasteiger charge is 2.07. The topological polar surface area (TPSA) is 58.6 Å². The Bertz CT molecular complexity index is 339. The minimum Gasteiger partial charge on any atom is -0.396 e. The number of carbonyl (C=O) groups excluding carboxylic acids is 1. The first-order valence-corrected chi connectivity index (χ1v) is 14.5. The van der Waals surface area contributed by atoms with E-state index in [-0.39, 0.29) is 0 Å². The van der Waals surface area contributed by atoms with Crippen molar-refractivity contribution in [2.45, 2.75) is 142 Å². The fraction of sp³-hybridized carbons (Fsp3) is 0.966. The van der Waals surface area contributed by atoms with Crippen LogP contribution in [-0.4, -0.2) is 44.8 Å². The third-order valence-electron chi connectivity index (χ3n) is 6.27. The zero-order chi connectivity index (χ0) is 24.7. The molecule has 1 atom stereocenters. The van der Waals surface area contributed by atoms with Gasteiger partial charge in [-0.25, -0.2) is 0 Å². The number of methoxy groups -OCH3 is 1. The van der Waals surface area contributed by atoms with E-state index in [4.69, 9.17) is 9.84 Å². The molecule has 0 heterocycles. The summed E-state index contributed by atoms with van der Waals surface area (Å²) in [6.45, 7) is 8.00. The highest BCUT2D eigenvalue weighted by Crippen LogP contribution is 2.19. The van der Waals surface area contributed by atoms with Crippen molar-refractivity contribution in [2.24, 2.45) is 5.92 Å². The van der Waals surface area contributed by atoms with E-state index in [0.717, 1.165) is 57.6 Å². The number of unbranched alkanes of at least 4 members (excludes halogenated alkanes) is 14. The van der Waals surface area contributed by atoms with Crippen molar-refractivity contribution in [3.63, 3.8) is 0 Å². The van der Waals surface area contributed by atoms with Crippen LogP contribution in [0.5, 0.6) is 0 Å². The molecule has 0 aromatic rings. The molecule has 0 rings (SSSR count). The fourth-order valence-corrected chi connectivity index (χ4v) is 4.11. The average Bonchev–Trinajstić information content (AvgIpc) is 2.83. The first-order chi connectivity index (χ1) is 16.3. The first-order valence-electron chi connectivity index (χ1n) is 14.5. The van der Waals surface area contributed by atoms with Crippen molar-refractivity contribution in [1.29, 1.82) is 0 Å². The molecule has 0 aliphatic heterocycles. The molecule has 0 saturated heterocycles. The number of aldehydes is 1. The zero-order valence-electron chi connectivity index (χ0n) is 22.9. The standard InChI is InChI=1S/C17H36O.C12H25NO2/c1-4-6-8-10-11-13-15-17(16-18-3)14-12-9-7-5-2;14-11-7-3-1-2-5-9-13-10-6-4-8-12-15/h17H,4-16H2,1-3H3;11,13,15H,1-10,12H2. The van der Waals surface area contributed by atoms with E-state index >= 15 is 0 Å². The maximum atomic E-state index is 10.0. The second kappa shape index (κ2) is 33.7. The lowest BCUT2D eigenvalue weighted by atomic mass is 9.95. The third kappa shape index (κ3) is 33.8. The first kappa shape index (κ1) is 34.7. The molecule has 0 aliphatic rings. The number of hydrogen-bond acceptors (Lipinski definition) is 4. The molecule has 4 heteroatoms. The van der Waals surface area contributed by atoms with Gasteiger partial charge in [0.15, 0.2) is 0 Å². The van der Waals surface area contributed by atoms with Crippen LogP contribution in [0.25, 0.3) is 0 Å². The van der Waals surface area contributed by atoms with Crippen molar-refractivity contribution in [3.05, 3.63) is 0 Å². The highest BCUT2D eigenvalue weighted by molar-refractivity contribution is 5.48. The largest absolute Gasteiger partial charge is 0.396 e. The van der Waals surface area contributed by atoms with E-state index in [0.29, 0.717) is 13.0 Å². The SMILES string of the molecule is CCCCCCCCC(CCCCCC)COC.O=CCCCCCCNCCCCCO. The van der Waals surface area contributed by atoms with Gasteiger partial charge in [0.25, 0.3) is 0 Å². The van der Waals surface area contributed by atoms with Gasteiger partial charge in [-0.3, -0.25) is 0 Å². The monoisotopic (exact) mass is 471 g/mol. The molecule has 4 nitrogen and oxygen atoms in total. The Balaban J connectivity index is 0. The van der Waals surface area contributed by atoms with Crippen LogP contribution in [0.1, 0.15) is 142 Å². The van der Waals surface area contributed by atoms with Crippen LogP contribution in [0.15, 0.2) is 0 Å². The van der Waals surface area contributed by atoms with Gasteiger partial charge in [0.1, 0.15) is 6.29 Å². The molecule has 1 unspecified atom stereocenters. The summed E-state index contributed by atoms with van der Waals surface area (Å²) >= 11 is 0. The van der Waals surface area contributed by atoms with Crippen LogP contribution in [0.3, 0.4) is 0 Å². The predicted octanol–water partition coefficient (Wildman–Crippen LogP) is 7.86. The summed E-state index contributed by atoms with van der Waals surface area (Å²) < 4.78 is 5.36. The normalized spacial score (nSPS) is 11.8. The van der Waals surface area contributed by atoms with Crippen LogP contribution in [0.2, 0.25) is 0 Å². The van der Waals surface area contributed by atoms with E-state index in [1.807, 2.05) is 7.11 Å². The second-order valence-corrected chi connectivity index (χ2v) is 9.63. The van der Waals surface area contributed by atoms with Gasteiger partial charge >= 0.3 is 0 Å². The zero-order valence-corrected chi connectivity index (χ0v) is 22.9. The minimum atomic E-state index is 0.316. The molecule has 200 valence electrons. The molecule has 33 heavy (non-hydrogen) atoms. The molecule has 0 aromatic carbocycles. The summed E-state index contributed by atoms with van der Waals surface area (Å²) in [4.78, 5) is 10.0. The molecule has 0 amide bonds. The van der Waals surface area contributed by atoms with Gasteiger partial charge in [-0.2, -0.15) is 0 Å². The van der Waals surface area contributed by atoms with Crippen LogP contribution < -0.4 is 5.32 Å². The molecule has 0 bridgehead atoms. The summed E-state index contributed by atoms with van der Waals surface area (Å²) in [5.41, 5.74) is 0. The van der Waals surface area contributed by atoms with Gasteiger partial charge in [-0.1, -0.05) is 90.9 Å². The summed E-state index contributed by atoms with van der Waals surface area (Å²) in [5, 5.41) is 11.9. The molecule has 0 aromatic heterocycles. The van der Waals surface area contributed by atoms with Crippen molar-refractivity contribution in [3.8, 4) is 0 Å². The Morgan fingerprint density at radius 3 is 1.73 bits per heavy atom. The van der Waals surface area contributed by atoms with Gasteiger partial charge in [0.05, 0.1) is 0 Å². The molecule has 0 fully saturated rings. The second-order valence-electron chi connectivity index (χ2n) is 9.63. The number of aliphatic hydroxyl groups excluding tert-OH is 1. The van der Waals surface area contributed by atoms with Crippen molar-refractivity contribution < 1.29 is 14.6 Å². The molecule has 0 saturated carbocycles. The lowest BCUT2D eigenvalue weighted by molar-refractivity contribution is -0.107. The van der Waals surface area contributed by atoms with Gasteiger partial charge < -0.3 is 20.0 Å². The summed E-state index contributed by atoms with van der Waals surface area (Å²) in [5.74, 6) is 0.818. The van der Waals surface area contributed by atoms with Crippen molar-refractivity contribution >= 4 is 6.29 Å². The lowest BCUT2D eigenvalue weighted by Gasteiger charge is -2.15. The van der Waals surface area contributed by atoms with Crippen LogP contribution in [0, 0.1) is 5.92 Å². The third-order valence-corrected chi connectivity index (χ3v) is 6.27. The Hall–Kier alpha value is -0.450. The van der Waals surface area contributed by atoms with Gasteiger partial charge in [-0.15, -0.1) is 0 Å². The fourth-order valence-electron chi connectivity index (χ4n) is 4.11. The molecule has 2 N–H and O–H groups in total. The highest BCUT2D eigenvalue weighted by atomic mass is 16.5. The molecule has 0 radical (unpaired) electrons. The summed E-state index contributed by atoms with van der Waals surface area (Å²) in [6, 6.07) is 0. The Morgan fingerprint density at radius 2 is 1.18 bits per heavy atom. The maximum Gasteiger partial charge on any atom is 0.119 e. The van der Waals surface area contributed by atoms with Crippen LogP contribution >= 0.6 is 0 Å². The predicted molar refractivity (Wildman–Crippen MR) is 145 cm³/mol. The van der Waals surface area contributed by atoms with E-state index in [1.54, 1.807) is 0 Å².